The summed E-state index contributed by atoms with van der Waals surface area (Å²) >= 11 is 0. The van der Waals surface area contributed by atoms with Gasteiger partial charge in [0.25, 0.3) is 5.91 Å². The highest BCUT2D eigenvalue weighted by Crippen LogP contribution is 2.27. The lowest BCUT2D eigenvalue weighted by Gasteiger charge is -2.33. The number of urea groups is 1. The van der Waals surface area contributed by atoms with Crippen molar-refractivity contribution in [2.45, 2.75) is 25.7 Å². The third kappa shape index (κ3) is 4.84. The fraction of sp³-hybridized carbons (Fsp3) is 0.333. The molecule has 0 unspecified atom stereocenters. The van der Waals surface area contributed by atoms with Crippen molar-refractivity contribution in [3.05, 3.63) is 65.5 Å². The number of piperidine rings is 1. The van der Waals surface area contributed by atoms with Crippen LogP contribution in [0, 0.1) is 5.82 Å². The second-order valence-electron chi connectivity index (χ2n) is 6.71. The Balaban J connectivity index is 1.71. The molecule has 1 aliphatic rings. The molecule has 1 aliphatic heterocycles. The third-order valence-corrected chi connectivity index (χ3v) is 4.74. The Hall–Kier alpha value is -2.89. The molecule has 0 aromatic heterocycles. The largest absolute Gasteiger partial charge is 0.338 e. The molecular weight excluding hydrogens is 345 g/mol. The normalized spacial score (nSPS) is 16.7. The second kappa shape index (κ2) is 8.66. The zero-order chi connectivity index (χ0) is 19.2. The number of amides is 3. The van der Waals surface area contributed by atoms with Crippen LogP contribution in [0.1, 0.15) is 41.6 Å². The smallest absolute Gasteiger partial charge is 0.317 e. The maximum Gasteiger partial charge on any atom is 0.317 e. The van der Waals surface area contributed by atoms with Crippen LogP contribution in [0.4, 0.5) is 14.9 Å². The number of carbonyl (C=O) groups is 2. The maximum atomic E-state index is 13.3. The lowest BCUT2D eigenvalue weighted by Crippen LogP contribution is -2.44. The van der Waals surface area contributed by atoms with Crippen molar-refractivity contribution in [3.63, 3.8) is 0 Å². The van der Waals surface area contributed by atoms with Gasteiger partial charge in [0.1, 0.15) is 5.82 Å². The summed E-state index contributed by atoms with van der Waals surface area (Å²) in [5, 5.41) is 5.56. The summed E-state index contributed by atoms with van der Waals surface area (Å²) in [5.41, 5.74) is 1.98. The number of anilines is 1. The molecule has 0 radical (unpaired) electrons. The number of nitrogens with one attached hydrogen (secondary N) is 2. The van der Waals surface area contributed by atoms with Crippen molar-refractivity contribution < 1.29 is 14.0 Å². The molecule has 1 fully saturated rings. The molecule has 3 amide bonds. The highest BCUT2D eigenvalue weighted by atomic mass is 19.1. The van der Waals surface area contributed by atoms with Crippen LogP contribution in [-0.2, 0) is 0 Å². The SMILES string of the molecule is CCNC(=O)N1CCC[C@@H](c2cccc(C(=O)Nc3cccc(F)c3)c2)C1. The van der Waals surface area contributed by atoms with E-state index in [0.29, 0.717) is 24.3 Å². The van der Waals surface area contributed by atoms with Gasteiger partial charge in [-0.25, -0.2) is 9.18 Å². The third-order valence-electron chi connectivity index (χ3n) is 4.74. The number of likely N-dealkylation sites (tertiary alicyclic amines) is 1. The molecule has 5 nitrogen and oxygen atoms in total. The van der Waals surface area contributed by atoms with E-state index in [4.69, 9.17) is 0 Å². The average molecular weight is 369 g/mol. The van der Waals surface area contributed by atoms with E-state index in [2.05, 4.69) is 10.6 Å². The van der Waals surface area contributed by atoms with E-state index in [9.17, 15) is 14.0 Å². The Kier molecular flexibility index (Phi) is 6.06. The average Bonchev–Trinajstić information content (AvgIpc) is 2.68. The first-order valence-corrected chi connectivity index (χ1v) is 9.26. The van der Waals surface area contributed by atoms with Crippen LogP contribution in [0.25, 0.3) is 0 Å². The molecule has 0 bridgehead atoms. The van der Waals surface area contributed by atoms with Gasteiger partial charge in [0.05, 0.1) is 0 Å². The van der Waals surface area contributed by atoms with Crippen LogP contribution in [0.15, 0.2) is 48.5 Å². The zero-order valence-electron chi connectivity index (χ0n) is 15.4. The molecule has 3 rings (SSSR count). The van der Waals surface area contributed by atoms with Gasteiger partial charge in [-0.15, -0.1) is 0 Å². The predicted octanol–water partition coefficient (Wildman–Crippen LogP) is 3.99. The van der Waals surface area contributed by atoms with Crippen LogP contribution in [0.5, 0.6) is 0 Å². The number of hydrogen-bond donors (Lipinski definition) is 2. The summed E-state index contributed by atoms with van der Waals surface area (Å²) in [7, 11) is 0. The van der Waals surface area contributed by atoms with Gasteiger partial charge in [0.2, 0.25) is 0 Å². The van der Waals surface area contributed by atoms with Crippen LogP contribution in [-0.4, -0.2) is 36.5 Å². The van der Waals surface area contributed by atoms with Crippen molar-refractivity contribution in [1.82, 2.24) is 10.2 Å². The van der Waals surface area contributed by atoms with Gasteiger partial charge in [0, 0.05) is 36.8 Å². The number of carbonyl (C=O) groups excluding carboxylic acids is 2. The van der Waals surface area contributed by atoms with Crippen molar-refractivity contribution in [2.24, 2.45) is 0 Å². The molecule has 1 atom stereocenters. The van der Waals surface area contributed by atoms with Crippen molar-refractivity contribution in [3.8, 4) is 0 Å². The van der Waals surface area contributed by atoms with Gasteiger partial charge < -0.3 is 15.5 Å². The van der Waals surface area contributed by atoms with Crippen LogP contribution in [0.2, 0.25) is 0 Å². The standard InChI is InChI=1S/C21H24FN3O2/c1-2-23-21(27)25-11-5-8-17(14-25)15-6-3-7-16(12-15)20(26)24-19-10-4-9-18(22)13-19/h3-4,6-7,9-10,12-13,17H,2,5,8,11,14H2,1H3,(H,23,27)(H,24,26)/t17-/m1/s1. The summed E-state index contributed by atoms with van der Waals surface area (Å²) in [6, 6.07) is 13.2. The van der Waals surface area contributed by atoms with Crippen molar-refractivity contribution in [1.29, 1.82) is 0 Å². The topological polar surface area (TPSA) is 61.4 Å². The fourth-order valence-electron chi connectivity index (χ4n) is 3.40. The minimum Gasteiger partial charge on any atom is -0.338 e. The molecule has 6 heteroatoms. The number of hydrogen-bond acceptors (Lipinski definition) is 2. The minimum absolute atomic E-state index is 0.0396. The van der Waals surface area contributed by atoms with Gasteiger partial charge in [-0.3, -0.25) is 4.79 Å². The number of nitrogens with zero attached hydrogens (tertiary/aromatic N) is 1. The minimum atomic E-state index is -0.394. The summed E-state index contributed by atoms with van der Waals surface area (Å²) in [6.07, 6.45) is 1.91. The van der Waals surface area contributed by atoms with Gasteiger partial charge in [-0.05, 0) is 55.7 Å². The van der Waals surface area contributed by atoms with E-state index >= 15 is 0 Å². The lowest BCUT2D eigenvalue weighted by atomic mass is 9.89. The molecule has 2 aromatic rings. The Morgan fingerprint density at radius 3 is 2.78 bits per heavy atom. The fourth-order valence-corrected chi connectivity index (χ4v) is 3.40. The first-order chi connectivity index (χ1) is 13.1. The van der Waals surface area contributed by atoms with Crippen LogP contribution in [0.3, 0.4) is 0 Å². The highest BCUT2D eigenvalue weighted by Gasteiger charge is 2.24. The van der Waals surface area contributed by atoms with Gasteiger partial charge in [-0.1, -0.05) is 18.2 Å². The Morgan fingerprint density at radius 1 is 1.19 bits per heavy atom. The summed E-state index contributed by atoms with van der Waals surface area (Å²) in [5.74, 6) is -0.476. The van der Waals surface area contributed by atoms with E-state index in [-0.39, 0.29) is 17.9 Å². The molecule has 142 valence electrons. The van der Waals surface area contributed by atoms with E-state index in [1.165, 1.54) is 12.1 Å². The molecular formula is C21H24FN3O2. The molecule has 0 saturated carbocycles. The molecule has 2 N–H and O–H groups in total. The zero-order valence-corrected chi connectivity index (χ0v) is 15.4. The second-order valence-corrected chi connectivity index (χ2v) is 6.71. The number of halogens is 1. The van der Waals surface area contributed by atoms with E-state index < -0.39 is 5.82 Å². The predicted molar refractivity (Wildman–Crippen MR) is 103 cm³/mol. The molecule has 1 saturated heterocycles. The number of rotatable bonds is 4. The van der Waals surface area contributed by atoms with Gasteiger partial charge in [-0.2, -0.15) is 0 Å². The van der Waals surface area contributed by atoms with Gasteiger partial charge >= 0.3 is 6.03 Å². The molecule has 0 aliphatic carbocycles. The summed E-state index contributed by atoms with van der Waals surface area (Å²) in [4.78, 5) is 26.4. The van der Waals surface area contributed by atoms with Crippen molar-refractivity contribution >= 4 is 17.6 Å². The monoisotopic (exact) mass is 369 g/mol. The van der Waals surface area contributed by atoms with Gasteiger partial charge in [0.15, 0.2) is 0 Å². The first-order valence-electron chi connectivity index (χ1n) is 9.26. The summed E-state index contributed by atoms with van der Waals surface area (Å²) < 4.78 is 13.3. The van der Waals surface area contributed by atoms with E-state index in [1.807, 2.05) is 30.0 Å². The molecule has 2 aromatic carbocycles. The lowest BCUT2D eigenvalue weighted by molar-refractivity contribution is 0.102. The molecule has 27 heavy (non-hydrogen) atoms. The van der Waals surface area contributed by atoms with Crippen molar-refractivity contribution in [2.75, 3.05) is 25.0 Å². The molecule has 1 heterocycles. The Bertz CT molecular complexity index is 825. The number of benzene rings is 2. The highest BCUT2D eigenvalue weighted by molar-refractivity contribution is 6.04. The molecule has 0 spiro atoms. The Morgan fingerprint density at radius 2 is 2.00 bits per heavy atom. The Labute approximate surface area is 158 Å². The quantitative estimate of drug-likeness (QED) is 0.856. The van der Waals surface area contributed by atoms with E-state index in [1.54, 1.807) is 18.2 Å². The first kappa shape index (κ1) is 18.9. The van der Waals surface area contributed by atoms with Crippen LogP contribution >= 0.6 is 0 Å². The maximum absolute atomic E-state index is 13.3. The van der Waals surface area contributed by atoms with Crippen LogP contribution < -0.4 is 10.6 Å². The summed E-state index contributed by atoms with van der Waals surface area (Å²) in [6.45, 7) is 3.90. The van der Waals surface area contributed by atoms with E-state index in [0.717, 1.165) is 24.9 Å².